The van der Waals surface area contributed by atoms with E-state index in [1.807, 2.05) is 60.7 Å². The summed E-state index contributed by atoms with van der Waals surface area (Å²) in [6, 6.07) is 26.6. The highest BCUT2D eigenvalue weighted by Gasteiger charge is 2.16. The first-order chi connectivity index (χ1) is 13.6. The summed E-state index contributed by atoms with van der Waals surface area (Å²) in [5, 5.41) is 3.06. The number of benzene rings is 3. The first-order valence-corrected chi connectivity index (χ1v) is 9.24. The first-order valence-electron chi connectivity index (χ1n) is 9.24. The number of rotatable bonds is 8. The van der Waals surface area contributed by atoms with Gasteiger partial charge in [0.2, 0.25) is 0 Å². The number of Topliss-reactive ketones (excluding diaryl/α,β-unsaturated/α-hetero) is 1. The van der Waals surface area contributed by atoms with E-state index in [2.05, 4.69) is 5.32 Å². The minimum atomic E-state index is -0.210. The van der Waals surface area contributed by atoms with E-state index in [0.717, 1.165) is 11.1 Å². The van der Waals surface area contributed by atoms with E-state index in [0.29, 0.717) is 17.7 Å². The molecule has 0 saturated heterocycles. The minimum Gasteiger partial charge on any atom is -0.484 e. The van der Waals surface area contributed by atoms with E-state index in [4.69, 9.17) is 4.74 Å². The average molecular weight is 373 g/mol. The topological polar surface area (TPSA) is 55.4 Å². The lowest BCUT2D eigenvalue weighted by molar-refractivity contribution is -0.123. The van der Waals surface area contributed by atoms with Gasteiger partial charge in [-0.1, -0.05) is 72.8 Å². The highest BCUT2D eigenvalue weighted by molar-refractivity contribution is 5.94. The van der Waals surface area contributed by atoms with Gasteiger partial charge in [0.15, 0.2) is 12.4 Å². The molecule has 3 aromatic rings. The fraction of sp³-hybridized carbons (Fsp3) is 0.167. The van der Waals surface area contributed by atoms with Crippen LogP contribution in [0.4, 0.5) is 0 Å². The zero-order valence-electron chi connectivity index (χ0n) is 15.8. The fourth-order valence-corrected chi connectivity index (χ4v) is 2.98. The maximum absolute atomic E-state index is 12.5. The second kappa shape index (κ2) is 9.51. The number of carbonyl (C=O) groups excluding carboxylic acids is 2. The minimum absolute atomic E-state index is 0.0399. The van der Waals surface area contributed by atoms with Crippen molar-refractivity contribution in [2.45, 2.75) is 19.4 Å². The summed E-state index contributed by atoms with van der Waals surface area (Å²) in [5.41, 5.74) is 2.74. The molecule has 0 spiro atoms. The van der Waals surface area contributed by atoms with E-state index in [9.17, 15) is 9.59 Å². The van der Waals surface area contributed by atoms with E-state index in [1.54, 1.807) is 24.3 Å². The molecule has 0 fully saturated rings. The number of amides is 1. The van der Waals surface area contributed by atoms with Crippen LogP contribution in [0.3, 0.4) is 0 Å². The van der Waals surface area contributed by atoms with Gasteiger partial charge in [-0.2, -0.15) is 0 Å². The molecule has 0 radical (unpaired) electrons. The van der Waals surface area contributed by atoms with Gasteiger partial charge in [-0.05, 0) is 36.6 Å². The quantitative estimate of drug-likeness (QED) is 0.597. The van der Waals surface area contributed by atoms with Crippen molar-refractivity contribution >= 4 is 11.7 Å². The molecule has 3 rings (SSSR count). The molecule has 1 atom stereocenters. The lowest BCUT2D eigenvalue weighted by Gasteiger charge is -2.20. The molecule has 142 valence electrons. The molecule has 4 nitrogen and oxygen atoms in total. The second-order valence-electron chi connectivity index (χ2n) is 6.59. The third-order valence-corrected chi connectivity index (χ3v) is 4.43. The molecule has 0 aliphatic heterocycles. The molecule has 1 N–H and O–H groups in total. The summed E-state index contributed by atoms with van der Waals surface area (Å²) in [6.45, 7) is 1.39. The normalized spacial score (nSPS) is 11.5. The van der Waals surface area contributed by atoms with Crippen LogP contribution >= 0.6 is 0 Å². The van der Waals surface area contributed by atoms with Crippen LogP contribution in [0.25, 0.3) is 0 Å². The summed E-state index contributed by atoms with van der Waals surface area (Å²) in [6.07, 6.45) is 0.691. The Labute approximate surface area is 165 Å². The molecule has 0 aromatic heterocycles. The van der Waals surface area contributed by atoms with Gasteiger partial charge in [0.05, 0.1) is 6.04 Å². The van der Waals surface area contributed by atoms with Gasteiger partial charge in [-0.25, -0.2) is 0 Å². The molecule has 3 aromatic carbocycles. The molecule has 0 bridgehead atoms. The predicted molar refractivity (Wildman–Crippen MR) is 109 cm³/mol. The molecule has 0 aliphatic rings. The fourth-order valence-electron chi connectivity index (χ4n) is 2.98. The molecular weight excluding hydrogens is 350 g/mol. The lowest BCUT2D eigenvalue weighted by atomic mass is 9.99. The second-order valence-corrected chi connectivity index (χ2v) is 6.59. The van der Waals surface area contributed by atoms with E-state index < -0.39 is 0 Å². The largest absolute Gasteiger partial charge is 0.484 e. The van der Waals surface area contributed by atoms with Crippen LogP contribution < -0.4 is 10.1 Å². The highest BCUT2D eigenvalue weighted by atomic mass is 16.5. The van der Waals surface area contributed by atoms with Crippen LogP contribution in [-0.2, 0) is 11.2 Å². The number of nitrogens with one attached hydrogen (secondary N) is 1. The summed E-state index contributed by atoms with van der Waals surface area (Å²) >= 11 is 0. The third-order valence-electron chi connectivity index (χ3n) is 4.43. The zero-order valence-corrected chi connectivity index (χ0v) is 15.8. The number of carbonyl (C=O) groups is 2. The van der Waals surface area contributed by atoms with E-state index in [-0.39, 0.29) is 24.3 Å². The SMILES string of the molecule is CC(=O)c1cccc(OCC(=O)N[C@H](Cc2ccccc2)c2ccccc2)c1. The Morgan fingerprint density at radius 3 is 2.25 bits per heavy atom. The van der Waals surface area contributed by atoms with Crippen molar-refractivity contribution in [1.29, 1.82) is 0 Å². The van der Waals surface area contributed by atoms with Gasteiger partial charge < -0.3 is 10.1 Å². The number of ether oxygens (including phenoxy) is 1. The van der Waals surface area contributed by atoms with Crippen molar-refractivity contribution in [2.24, 2.45) is 0 Å². The molecule has 0 saturated carbocycles. The van der Waals surface area contributed by atoms with E-state index in [1.165, 1.54) is 6.92 Å². The van der Waals surface area contributed by atoms with Gasteiger partial charge in [-0.3, -0.25) is 9.59 Å². The van der Waals surface area contributed by atoms with Crippen molar-refractivity contribution < 1.29 is 14.3 Å². The average Bonchev–Trinajstić information content (AvgIpc) is 2.73. The summed E-state index contributed by atoms with van der Waals surface area (Å²) < 4.78 is 5.58. The maximum Gasteiger partial charge on any atom is 0.258 e. The Kier molecular flexibility index (Phi) is 6.58. The van der Waals surface area contributed by atoms with Crippen LogP contribution in [0, 0.1) is 0 Å². The number of ketones is 1. The zero-order chi connectivity index (χ0) is 19.8. The van der Waals surface area contributed by atoms with Crippen LogP contribution in [0.5, 0.6) is 5.75 Å². The molecule has 28 heavy (non-hydrogen) atoms. The first kappa shape index (κ1) is 19.4. The van der Waals surface area contributed by atoms with Gasteiger partial charge in [0.1, 0.15) is 5.75 Å². The summed E-state index contributed by atoms with van der Waals surface area (Å²) in [7, 11) is 0. The van der Waals surface area contributed by atoms with Crippen LogP contribution in [0.1, 0.15) is 34.5 Å². The Morgan fingerprint density at radius 2 is 1.57 bits per heavy atom. The maximum atomic E-state index is 12.5. The monoisotopic (exact) mass is 373 g/mol. The Morgan fingerprint density at radius 1 is 0.893 bits per heavy atom. The van der Waals surface area contributed by atoms with Gasteiger partial charge in [0, 0.05) is 5.56 Å². The van der Waals surface area contributed by atoms with Gasteiger partial charge in [0.25, 0.3) is 5.91 Å². The smallest absolute Gasteiger partial charge is 0.258 e. The lowest BCUT2D eigenvalue weighted by Crippen LogP contribution is -2.33. The highest BCUT2D eigenvalue weighted by Crippen LogP contribution is 2.19. The van der Waals surface area contributed by atoms with Crippen molar-refractivity contribution in [3.05, 3.63) is 102 Å². The third kappa shape index (κ3) is 5.55. The standard InChI is InChI=1S/C24H23NO3/c1-18(26)21-13-8-14-22(16-21)28-17-24(27)25-23(20-11-6-3-7-12-20)15-19-9-4-2-5-10-19/h2-14,16,23H,15,17H2,1H3,(H,25,27)/t23-/m1/s1. The van der Waals surface area contributed by atoms with Crippen molar-refractivity contribution in [3.8, 4) is 5.75 Å². The molecule has 0 heterocycles. The predicted octanol–water partition coefficient (Wildman–Crippen LogP) is 4.37. The Hall–Kier alpha value is -3.40. The van der Waals surface area contributed by atoms with Crippen LogP contribution in [-0.4, -0.2) is 18.3 Å². The van der Waals surface area contributed by atoms with Crippen molar-refractivity contribution in [1.82, 2.24) is 5.32 Å². The van der Waals surface area contributed by atoms with Gasteiger partial charge in [-0.15, -0.1) is 0 Å². The molecule has 1 amide bonds. The number of hydrogen-bond acceptors (Lipinski definition) is 3. The molecule has 4 heteroatoms. The van der Waals surface area contributed by atoms with Crippen molar-refractivity contribution in [2.75, 3.05) is 6.61 Å². The van der Waals surface area contributed by atoms with Crippen LogP contribution in [0.15, 0.2) is 84.9 Å². The molecular formula is C24H23NO3. The summed E-state index contributed by atoms with van der Waals surface area (Å²) in [5.74, 6) is 0.252. The Bertz CT molecular complexity index is 923. The molecule has 0 aliphatic carbocycles. The van der Waals surface area contributed by atoms with Crippen molar-refractivity contribution in [3.63, 3.8) is 0 Å². The summed E-state index contributed by atoms with van der Waals surface area (Å²) in [4.78, 5) is 24.0. The molecule has 0 unspecified atom stereocenters. The van der Waals surface area contributed by atoms with Crippen LogP contribution in [0.2, 0.25) is 0 Å². The van der Waals surface area contributed by atoms with Gasteiger partial charge >= 0.3 is 0 Å². The van der Waals surface area contributed by atoms with E-state index >= 15 is 0 Å². The Balaban J connectivity index is 1.65. The number of hydrogen-bond donors (Lipinski definition) is 1.